The number of methoxy groups -OCH3 is 1. The smallest absolute Gasteiger partial charge is 0.257 e. The Bertz CT molecular complexity index is 1270. The number of H-pyrrole nitrogens is 1. The van der Waals surface area contributed by atoms with E-state index >= 15 is 0 Å². The number of rotatable bonds is 10. The maximum Gasteiger partial charge on any atom is 0.257 e. The third-order valence-corrected chi connectivity index (χ3v) is 5.59. The fourth-order valence-corrected chi connectivity index (χ4v) is 3.94. The van der Waals surface area contributed by atoms with Crippen LogP contribution in [0.4, 0.5) is 4.39 Å². The summed E-state index contributed by atoms with van der Waals surface area (Å²) in [5.41, 5.74) is 3.01. The Hall–Kier alpha value is -4.00. The van der Waals surface area contributed by atoms with Crippen LogP contribution in [0.2, 0.25) is 0 Å². The number of ether oxygens (including phenoxy) is 3. The summed E-state index contributed by atoms with van der Waals surface area (Å²) in [6, 6.07) is 19.8. The standard InChI is InChI=1S/C27H27FN2O4/c1-3-33-25-13-12-18(14-26(25)32-2)20(21-16-29-23-10-6-4-8-19(21)23)15-30-27(31)17-34-24-11-7-5-9-22(24)28/h4-14,16,20,29H,3,15,17H2,1-2H3,(H,30,31). The molecule has 1 aromatic heterocycles. The second-order valence-corrected chi connectivity index (χ2v) is 7.71. The number of halogens is 1. The third-order valence-electron chi connectivity index (χ3n) is 5.59. The minimum absolute atomic E-state index is 0.0436. The number of nitrogens with one attached hydrogen (secondary N) is 2. The molecule has 6 nitrogen and oxygen atoms in total. The second kappa shape index (κ2) is 10.7. The molecule has 0 aliphatic heterocycles. The number of carbonyl (C=O) groups excluding carboxylic acids is 1. The van der Waals surface area contributed by atoms with Gasteiger partial charge in [-0.15, -0.1) is 0 Å². The predicted molar refractivity (Wildman–Crippen MR) is 129 cm³/mol. The Morgan fingerprint density at radius 1 is 1.00 bits per heavy atom. The highest BCUT2D eigenvalue weighted by Crippen LogP contribution is 2.35. The van der Waals surface area contributed by atoms with Gasteiger partial charge < -0.3 is 24.5 Å². The van der Waals surface area contributed by atoms with Gasteiger partial charge in [-0.25, -0.2) is 4.39 Å². The summed E-state index contributed by atoms with van der Waals surface area (Å²) in [5, 5.41) is 4.00. The van der Waals surface area contributed by atoms with E-state index in [1.165, 1.54) is 12.1 Å². The van der Waals surface area contributed by atoms with Gasteiger partial charge in [0.1, 0.15) is 0 Å². The molecule has 0 aliphatic rings. The average molecular weight is 463 g/mol. The van der Waals surface area contributed by atoms with E-state index in [9.17, 15) is 9.18 Å². The molecule has 34 heavy (non-hydrogen) atoms. The summed E-state index contributed by atoms with van der Waals surface area (Å²) in [7, 11) is 1.60. The van der Waals surface area contributed by atoms with Gasteiger partial charge in [0.05, 0.1) is 13.7 Å². The zero-order valence-corrected chi connectivity index (χ0v) is 19.1. The molecule has 7 heteroatoms. The molecule has 0 radical (unpaired) electrons. The highest BCUT2D eigenvalue weighted by molar-refractivity contribution is 5.84. The molecule has 1 unspecified atom stereocenters. The van der Waals surface area contributed by atoms with Crippen molar-refractivity contribution < 1.29 is 23.4 Å². The predicted octanol–water partition coefficient (Wildman–Crippen LogP) is 5.04. The third kappa shape index (κ3) is 5.14. The molecule has 0 saturated carbocycles. The van der Waals surface area contributed by atoms with Gasteiger partial charge in [0.25, 0.3) is 5.91 Å². The highest BCUT2D eigenvalue weighted by atomic mass is 19.1. The van der Waals surface area contributed by atoms with Gasteiger partial charge >= 0.3 is 0 Å². The van der Waals surface area contributed by atoms with E-state index in [2.05, 4.69) is 10.3 Å². The molecule has 1 atom stereocenters. The maximum atomic E-state index is 13.8. The number of fused-ring (bicyclic) bond motifs is 1. The number of hydrogen-bond acceptors (Lipinski definition) is 4. The molecule has 4 aromatic rings. The fourth-order valence-electron chi connectivity index (χ4n) is 3.94. The van der Waals surface area contributed by atoms with Crippen LogP contribution in [0.3, 0.4) is 0 Å². The van der Waals surface area contributed by atoms with Crippen molar-refractivity contribution in [2.24, 2.45) is 0 Å². The lowest BCUT2D eigenvalue weighted by Crippen LogP contribution is -2.33. The molecule has 0 spiro atoms. The topological polar surface area (TPSA) is 72.6 Å². The van der Waals surface area contributed by atoms with Gasteiger partial charge in [-0.3, -0.25) is 4.79 Å². The molecule has 1 heterocycles. The first-order chi connectivity index (χ1) is 16.6. The van der Waals surface area contributed by atoms with E-state index in [1.807, 2.05) is 55.6 Å². The highest BCUT2D eigenvalue weighted by Gasteiger charge is 2.21. The van der Waals surface area contributed by atoms with E-state index in [-0.39, 0.29) is 24.2 Å². The molecule has 0 fully saturated rings. The number of aromatic amines is 1. The molecular weight excluding hydrogens is 435 g/mol. The van der Waals surface area contributed by atoms with Crippen LogP contribution in [-0.2, 0) is 4.79 Å². The minimum Gasteiger partial charge on any atom is -0.493 e. The first-order valence-electron chi connectivity index (χ1n) is 11.1. The number of hydrogen-bond donors (Lipinski definition) is 2. The van der Waals surface area contributed by atoms with Crippen molar-refractivity contribution in [2.45, 2.75) is 12.8 Å². The zero-order valence-electron chi connectivity index (χ0n) is 19.1. The van der Waals surface area contributed by atoms with Crippen LogP contribution < -0.4 is 19.5 Å². The largest absolute Gasteiger partial charge is 0.493 e. The summed E-state index contributed by atoms with van der Waals surface area (Å²) in [5.74, 6) is 0.312. The summed E-state index contributed by atoms with van der Waals surface area (Å²) >= 11 is 0. The average Bonchev–Trinajstić information content (AvgIpc) is 3.28. The molecule has 2 N–H and O–H groups in total. The second-order valence-electron chi connectivity index (χ2n) is 7.71. The van der Waals surface area contributed by atoms with Gasteiger partial charge in [0.2, 0.25) is 0 Å². The van der Waals surface area contributed by atoms with Gasteiger partial charge in [-0.05, 0) is 48.4 Å². The molecular formula is C27H27FN2O4. The normalized spacial score (nSPS) is 11.7. The minimum atomic E-state index is -0.506. The Morgan fingerprint density at radius 3 is 2.59 bits per heavy atom. The van der Waals surface area contributed by atoms with Crippen molar-refractivity contribution in [3.05, 3.63) is 89.9 Å². The Morgan fingerprint density at radius 2 is 1.79 bits per heavy atom. The van der Waals surface area contributed by atoms with E-state index in [1.54, 1.807) is 19.2 Å². The van der Waals surface area contributed by atoms with Crippen LogP contribution in [0.1, 0.15) is 24.0 Å². The lowest BCUT2D eigenvalue weighted by atomic mass is 9.90. The number of carbonyl (C=O) groups is 1. The van der Waals surface area contributed by atoms with Crippen molar-refractivity contribution in [1.82, 2.24) is 10.3 Å². The lowest BCUT2D eigenvalue weighted by Gasteiger charge is -2.20. The lowest BCUT2D eigenvalue weighted by molar-refractivity contribution is -0.123. The van der Waals surface area contributed by atoms with Gasteiger partial charge in [0.15, 0.2) is 29.7 Å². The SMILES string of the molecule is CCOc1ccc(C(CNC(=O)COc2ccccc2F)c2c[nH]c3ccccc23)cc1OC. The molecule has 4 rings (SSSR count). The van der Waals surface area contributed by atoms with Crippen LogP contribution in [0.25, 0.3) is 10.9 Å². The van der Waals surface area contributed by atoms with Crippen LogP contribution >= 0.6 is 0 Å². The summed E-state index contributed by atoms with van der Waals surface area (Å²) in [4.78, 5) is 15.9. The van der Waals surface area contributed by atoms with Crippen LogP contribution in [0.5, 0.6) is 17.2 Å². The number of aromatic nitrogens is 1. The number of benzene rings is 3. The van der Waals surface area contributed by atoms with Crippen molar-refractivity contribution in [3.8, 4) is 17.2 Å². The Kier molecular flexibility index (Phi) is 7.32. The quantitative estimate of drug-likeness (QED) is 0.346. The van der Waals surface area contributed by atoms with Crippen molar-refractivity contribution >= 4 is 16.8 Å². The van der Waals surface area contributed by atoms with Crippen molar-refractivity contribution in [3.63, 3.8) is 0 Å². The Labute approximate surface area is 197 Å². The van der Waals surface area contributed by atoms with E-state index in [4.69, 9.17) is 14.2 Å². The van der Waals surface area contributed by atoms with Gasteiger partial charge in [-0.1, -0.05) is 36.4 Å². The summed E-state index contributed by atoms with van der Waals surface area (Å²) in [6.45, 7) is 2.48. The summed E-state index contributed by atoms with van der Waals surface area (Å²) < 4.78 is 30.3. The number of para-hydroxylation sites is 2. The van der Waals surface area contributed by atoms with Crippen LogP contribution in [0, 0.1) is 5.82 Å². The zero-order chi connectivity index (χ0) is 23.9. The van der Waals surface area contributed by atoms with E-state index < -0.39 is 5.82 Å². The van der Waals surface area contributed by atoms with Gasteiger partial charge in [0, 0.05) is 29.6 Å². The van der Waals surface area contributed by atoms with Crippen LogP contribution in [0.15, 0.2) is 72.9 Å². The molecule has 0 aliphatic carbocycles. The monoisotopic (exact) mass is 462 g/mol. The van der Waals surface area contributed by atoms with E-state index in [0.29, 0.717) is 24.7 Å². The molecule has 0 saturated heterocycles. The van der Waals surface area contributed by atoms with Crippen molar-refractivity contribution in [2.75, 3.05) is 26.9 Å². The van der Waals surface area contributed by atoms with E-state index in [0.717, 1.165) is 22.0 Å². The number of amides is 1. The first kappa shape index (κ1) is 23.2. The summed E-state index contributed by atoms with van der Waals surface area (Å²) in [6.07, 6.45) is 1.96. The van der Waals surface area contributed by atoms with Crippen molar-refractivity contribution in [1.29, 1.82) is 0 Å². The molecule has 0 bridgehead atoms. The van der Waals surface area contributed by atoms with Gasteiger partial charge in [-0.2, -0.15) is 0 Å². The molecule has 176 valence electrons. The fraction of sp³-hybridized carbons (Fsp3) is 0.222. The Balaban J connectivity index is 1.57. The molecule has 1 amide bonds. The maximum absolute atomic E-state index is 13.8. The first-order valence-corrected chi connectivity index (χ1v) is 11.1. The van der Waals surface area contributed by atoms with Crippen LogP contribution in [-0.4, -0.2) is 37.8 Å². The molecule has 3 aromatic carbocycles.